The Hall–Kier alpha value is -3.42. The highest BCUT2D eigenvalue weighted by molar-refractivity contribution is 6.07. The Kier molecular flexibility index (Phi) is 5.88. The minimum absolute atomic E-state index is 0.137. The molecule has 2 heterocycles. The van der Waals surface area contributed by atoms with Gasteiger partial charge >= 0.3 is 6.03 Å². The molecular formula is C23H26N2O6. The summed E-state index contributed by atoms with van der Waals surface area (Å²) in [6, 6.07) is 12.1. The first kappa shape index (κ1) is 20.8. The van der Waals surface area contributed by atoms with E-state index in [1.165, 1.54) is 4.90 Å². The van der Waals surface area contributed by atoms with E-state index in [0.717, 1.165) is 12.2 Å². The Labute approximate surface area is 181 Å². The zero-order valence-corrected chi connectivity index (χ0v) is 17.7. The third-order valence-corrected chi connectivity index (χ3v) is 5.32. The first-order valence-electron chi connectivity index (χ1n) is 10.4. The van der Waals surface area contributed by atoms with Crippen LogP contribution in [0.4, 0.5) is 4.79 Å². The zero-order chi connectivity index (χ0) is 21.8. The summed E-state index contributed by atoms with van der Waals surface area (Å²) in [4.78, 5) is 26.9. The van der Waals surface area contributed by atoms with Crippen LogP contribution in [0.15, 0.2) is 42.5 Å². The lowest BCUT2D eigenvalue weighted by molar-refractivity contribution is -0.131. The Bertz CT molecular complexity index is 961. The number of hydrogen-bond acceptors (Lipinski definition) is 6. The predicted molar refractivity (Wildman–Crippen MR) is 113 cm³/mol. The molecule has 2 aliphatic heterocycles. The second-order valence-electron chi connectivity index (χ2n) is 7.48. The molecule has 164 valence electrons. The average molecular weight is 426 g/mol. The summed E-state index contributed by atoms with van der Waals surface area (Å²) in [5, 5.41) is 2.81. The van der Waals surface area contributed by atoms with Gasteiger partial charge in [0.25, 0.3) is 5.91 Å². The van der Waals surface area contributed by atoms with Crippen molar-refractivity contribution in [3.8, 4) is 23.0 Å². The van der Waals surface area contributed by atoms with Gasteiger partial charge in [-0.05, 0) is 55.8 Å². The van der Waals surface area contributed by atoms with E-state index in [-0.39, 0.29) is 19.1 Å². The molecule has 0 spiro atoms. The highest BCUT2D eigenvalue weighted by atomic mass is 16.5. The first-order chi connectivity index (χ1) is 15.0. The standard InChI is InChI=1S/C23H26N2O6/c1-3-28-17-6-8-18(9-7-17)29-14-11-25-21(26)23(2,24-22(25)27)16-5-10-19-20(15-16)31-13-4-12-30-19/h5-10,15H,3-4,11-14H2,1-2H3,(H,24,27). The van der Waals surface area contributed by atoms with Crippen molar-refractivity contribution >= 4 is 11.9 Å². The molecule has 3 amide bonds. The molecule has 0 saturated carbocycles. The molecule has 1 atom stereocenters. The number of nitrogens with one attached hydrogen (secondary N) is 1. The number of carbonyl (C=O) groups excluding carboxylic acids is 2. The van der Waals surface area contributed by atoms with Gasteiger partial charge in [-0.3, -0.25) is 9.69 Å². The molecule has 0 radical (unpaired) electrons. The van der Waals surface area contributed by atoms with E-state index in [0.29, 0.717) is 42.6 Å². The lowest BCUT2D eigenvalue weighted by Gasteiger charge is -2.23. The summed E-state index contributed by atoms with van der Waals surface area (Å²) in [5.41, 5.74) is -0.536. The highest BCUT2D eigenvalue weighted by Crippen LogP contribution is 2.36. The number of urea groups is 1. The second-order valence-corrected chi connectivity index (χ2v) is 7.48. The largest absolute Gasteiger partial charge is 0.494 e. The number of amides is 3. The minimum Gasteiger partial charge on any atom is -0.494 e. The van der Waals surface area contributed by atoms with Gasteiger partial charge in [-0.25, -0.2) is 4.79 Å². The second kappa shape index (κ2) is 8.75. The maximum atomic E-state index is 13.1. The fourth-order valence-corrected chi connectivity index (χ4v) is 3.62. The number of benzene rings is 2. The molecule has 2 aromatic carbocycles. The van der Waals surface area contributed by atoms with Crippen LogP contribution < -0.4 is 24.3 Å². The third-order valence-electron chi connectivity index (χ3n) is 5.32. The SMILES string of the molecule is CCOc1ccc(OCCN2C(=O)NC(C)(c3ccc4c(c3)OCCCO4)C2=O)cc1. The molecule has 31 heavy (non-hydrogen) atoms. The summed E-state index contributed by atoms with van der Waals surface area (Å²) >= 11 is 0. The first-order valence-corrected chi connectivity index (χ1v) is 10.4. The van der Waals surface area contributed by atoms with E-state index in [1.807, 2.05) is 19.1 Å². The van der Waals surface area contributed by atoms with Crippen molar-refractivity contribution in [1.82, 2.24) is 10.2 Å². The van der Waals surface area contributed by atoms with Gasteiger partial charge in [-0.1, -0.05) is 6.07 Å². The summed E-state index contributed by atoms with van der Waals surface area (Å²) in [6.07, 6.45) is 0.791. The van der Waals surface area contributed by atoms with Gasteiger partial charge in [0.1, 0.15) is 23.6 Å². The Morgan fingerprint density at radius 2 is 1.68 bits per heavy atom. The van der Waals surface area contributed by atoms with Crippen LogP contribution in [0.25, 0.3) is 0 Å². The lowest BCUT2D eigenvalue weighted by atomic mass is 9.91. The quantitative estimate of drug-likeness (QED) is 0.685. The monoisotopic (exact) mass is 426 g/mol. The van der Waals surface area contributed by atoms with Crippen LogP contribution >= 0.6 is 0 Å². The topological polar surface area (TPSA) is 86.3 Å². The number of fused-ring (bicyclic) bond motifs is 1. The van der Waals surface area contributed by atoms with Crippen molar-refractivity contribution in [3.05, 3.63) is 48.0 Å². The molecule has 1 N–H and O–H groups in total. The van der Waals surface area contributed by atoms with E-state index < -0.39 is 11.6 Å². The van der Waals surface area contributed by atoms with Gasteiger partial charge < -0.3 is 24.3 Å². The normalized spacial score (nSPS) is 20.3. The Morgan fingerprint density at radius 3 is 2.39 bits per heavy atom. The summed E-state index contributed by atoms with van der Waals surface area (Å²) in [6.45, 7) is 5.66. The van der Waals surface area contributed by atoms with Gasteiger partial charge in [-0.2, -0.15) is 0 Å². The van der Waals surface area contributed by atoms with E-state index in [1.54, 1.807) is 37.3 Å². The molecule has 8 heteroatoms. The van der Waals surface area contributed by atoms with Crippen LogP contribution in [0.1, 0.15) is 25.8 Å². The van der Waals surface area contributed by atoms with Crippen LogP contribution in [0, 0.1) is 0 Å². The number of rotatable bonds is 7. The highest BCUT2D eigenvalue weighted by Gasteiger charge is 2.49. The summed E-state index contributed by atoms with van der Waals surface area (Å²) in [5.74, 6) is 2.29. The molecular weight excluding hydrogens is 400 g/mol. The fraction of sp³-hybridized carbons (Fsp3) is 0.391. The summed E-state index contributed by atoms with van der Waals surface area (Å²) in [7, 11) is 0. The third kappa shape index (κ3) is 4.23. The van der Waals surface area contributed by atoms with E-state index in [2.05, 4.69) is 5.32 Å². The molecule has 4 rings (SSSR count). The fourth-order valence-electron chi connectivity index (χ4n) is 3.62. The Balaban J connectivity index is 1.41. The Morgan fingerprint density at radius 1 is 1.00 bits per heavy atom. The van der Waals surface area contributed by atoms with Crippen molar-refractivity contribution in [1.29, 1.82) is 0 Å². The molecule has 2 aromatic rings. The number of carbonyl (C=O) groups is 2. The van der Waals surface area contributed by atoms with Crippen molar-refractivity contribution in [2.75, 3.05) is 33.0 Å². The maximum Gasteiger partial charge on any atom is 0.325 e. The van der Waals surface area contributed by atoms with E-state index in [4.69, 9.17) is 18.9 Å². The van der Waals surface area contributed by atoms with Crippen LogP contribution in [0.2, 0.25) is 0 Å². The molecule has 1 saturated heterocycles. The number of nitrogens with zero attached hydrogens (tertiary/aromatic N) is 1. The molecule has 2 aliphatic rings. The molecule has 0 bridgehead atoms. The number of imide groups is 1. The lowest BCUT2D eigenvalue weighted by Crippen LogP contribution is -2.41. The van der Waals surface area contributed by atoms with E-state index in [9.17, 15) is 9.59 Å². The van der Waals surface area contributed by atoms with Crippen LogP contribution in [-0.2, 0) is 10.3 Å². The van der Waals surface area contributed by atoms with Crippen molar-refractivity contribution in [2.24, 2.45) is 0 Å². The van der Waals surface area contributed by atoms with Gasteiger partial charge in [0, 0.05) is 6.42 Å². The van der Waals surface area contributed by atoms with Crippen LogP contribution in [-0.4, -0.2) is 49.8 Å². The molecule has 0 aliphatic carbocycles. The molecule has 8 nitrogen and oxygen atoms in total. The predicted octanol–water partition coefficient (Wildman–Crippen LogP) is 3.09. The van der Waals surface area contributed by atoms with Crippen molar-refractivity contribution < 1.29 is 28.5 Å². The maximum absolute atomic E-state index is 13.1. The zero-order valence-electron chi connectivity index (χ0n) is 17.7. The molecule has 1 unspecified atom stereocenters. The van der Waals surface area contributed by atoms with Crippen molar-refractivity contribution in [3.63, 3.8) is 0 Å². The average Bonchev–Trinajstić information content (AvgIpc) is 2.93. The van der Waals surface area contributed by atoms with Gasteiger partial charge in [-0.15, -0.1) is 0 Å². The van der Waals surface area contributed by atoms with Gasteiger partial charge in [0.05, 0.1) is 26.4 Å². The number of hydrogen-bond donors (Lipinski definition) is 1. The minimum atomic E-state index is -1.18. The summed E-state index contributed by atoms with van der Waals surface area (Å²) < 4.78 is 22.5. The van der Waals surface area contributed by atoms with Crippen LogP contribution in [0.5, 0.6) is 23.0 Å². The van der Waals surface area contributed by atoms with E-state index >= 15 is 0 Å². The smallest absolute Gasteiger partial charge is 0.325 e. The number of ether oxygens (including phenoxy) is 4. The van der Waals surface area contributed by atoms with Gasteiger partial charge in [0.15, 0.2) is 11.5 Å². The van der Waals surface area contributed by atoms with Gasteiger partial charge in [0.2, 0.25) is 0 Å². The molecule has 0 aromatic heterocycles. The molecule has 1 fully saturated rings. The van der Waals surface area contributed by atoms with Crippen LogP contribution in [0.3, 0.4) is 0 Å². The van der Waals surface area contributed by atoms with Crippen molar-refractivity contribution in [2.45, 2.75) is 25.8 Å².